The molecule has 8 nitrogen and oxygen atoms in total. The van der Waals surface area contributed by atoms with Gasteiger partial charge in [-0.25, -0.2) is 0 Å². The van der Waals surface area contributed by atoms with Crippen LogP contribution < -0.4 is 5.32 Å². The lowest BCUT2D eigenvalue weighted by Crippen LogP contribution is -2.36. The van der Waals surface area contributed by atoms with E-state index < -0.39 is 0 Å². The average Bonchev–Trinajstić information content (AvgIpc) is 3.22. The number of H-pyrrole nitrogens is 1. The van der Waals surface area contributed by atoms with E-state index in [4.69, 9.17) is 9.26 Å². The van der Waals surface area contributed by atoms with Crippen LogP contribution in [0.15, 0.2) is 10.6 Å². The van der Waals surface area contributed by atoms with Gasteiger partial charge in [0.25, 0.3) is 5.91 Å². The van der Waals surface area contributed by atoms with Crippen molar-refractivity contribution in [1.82, 2.24) is 25.7 Å². The standard InChI is InChI=1S/C16H23N5O3/c1-9(2)14-18-16(24-21-14)13(11-4-6-23-7-5-11)17-15(22)12-8-10(3)19-20-12/h8-9,11,13H,4-7H2,1-3H3,(H,17,22)(H,19,20)/t13-/m1/s1. The molecule has 1 aliphatic rings. The molecule has 0 aliphatic carbocycles. The van der Waals surface area contributed by atoms with E-state index in [0.717, 1.165) is 18.5 Å². The maximum atomic E-state index is 12.5. The zero-order chi connectivity index (χ0) is 17.1. The van der Waals surface area contributed by atoms with Gasteiger partial charge in [-0.3, -0.25) is 9.89 Å². The fourth-order valence-corrected chi connectivity index (χ4v) is 2.79. The Balaban J connectivity index is 1.82. The van der Waals surface area contributed by atoms with Crippen LogP contribution in [-0.4, -0.2) is 39.5 Å². The highest BCUT2D eigenvalue weighted by molar-refractivity contribution is 5.92. The Labute approximate surface area is 140 Å². The highest BCUT2D eigenvalue weighted by Crippen LogP contribution is 2.30. The van der Waals surface area contributed by atoms with Crippen LogP contribution in [-0.2, 0) is 4.74 Å². The molecule has 0 bridgehead atoms. The molecule has 1 amide bonds. The van der Waals surface area contributed by atoms with E-state index in [1.807, 2.05) is 20.8 Å². The third kappa shape index (κ3) is 3.64. The highest BCUT2D eigenvalue weighted by atomic mass is 16.5. The Morgan fingerprint density at radius 3 is 2.71 bits per heavy atom. The number of amides is 1. The van der Waals surface area contributed by atoms with Gasteiger partial charge in [0.2, 0.25) is 5.89 Å². The van der Waals surface area contributed by atoms with Crippen molar-refractivity contribution in [2.24, 2.45) is 5.92 Å². The lowest BCUT2D eigenvalue weighted by Gasteiger charge is -2.28. The van der Waals surface area contributed by atoms with Crippen LogP contribution in [0, 0.1) is 12.8 Å². The first-order valence-corrected chi connectivity index (χ1v) is 8.28. The molecule has 2 N–H and O–H groups in total. The fraction of sp³-hybridized carbons (Fsp3) is 0.625. The van der Waals surface area contributed by atoms with E-state index in [2.05, 4.69) is 25.7 Å². The first-order chi connectivity index (χ1) is 11.5. The molecule has 24 heavy (non-hydrogen) atoms. The van der Waals surface area contributed by atoms with Crippen LogP contribution in [0.5, 0.6) is 0 Å². The Morgan fingerprint density at radius 2 is 2.12 bits per heavy atom. The summed E-state index contributed by atoms with van der Waals surface area (Å²) in [5.41, 5.74) is 1.19. The molecule has 2 aromatic rings. The number of rotatable bonds is 5. The second kappa shape index (κ2) is 7.12. The number of nitrogens with zero attached hydrogens (tertiary/aromatic N) is 3. The van der Waals surface area contributed by atoms with Crippen molar-refractivity contribution in [3.8, 4) is 0 Å². The molecular weight excluding hydrogens is 310 g/mol. The lowest BCUT2D eigenvalue weighted by molar-refractivity contribution is 0.0467. The first kappa shape index (κ1) is 16.6. The fourth-order valence-electron chi connectivity index (χ4n) is 2.79. The third-order valence-electron chi connectivity index (χ3n) is 4.20. The molecule has 0 unspecified atom stereocenters. The molecule has 2 aromatic heterocycles. The van der Waals surface area contributed by atoms with Crippen LogP contribution in [0.3, 0.4) is 0 Å². The predicted molar refractivity (Wildman–Crippen MR) is 85.5 cm³/mol. The van der Waals surface area contributed by atoms with Gasteiger partial charge in [-0.2, -0.15) is 10.1 Å². The van der Waals surface area contributed by atoms with Gasteiger partial charge < -0.3 is 14.6 Å². The smallest absolute Gasteiger partial charge is 0.272 e. The molecule has 1 atom stereocenters. The number of aryl methyl sites for hydroxylation is 1. The van der Waals surface area contributed by atoms with Gasteiger partial charge >= 0.3 is 0 Å². The molecule has 0 radical (unpaired) electrons. The summed E-state index contributed by atoms with van der Waals surface area (Å²) in [6.45, 7) is 7.20. The summed E-state index contributed by atoms with van der Waals surface area (Å²) in [6.07, 6.45) is 1.67. The van der Waals surface area contributed by atoms with Crippen molar-refractivity contribution in [2.45, 2.75) is 45.6 Å². The third-order valence-corrected chi connectivity index (χ3v) is 4.20. The molecule has 1 saturated heterocycles. The molecule has 130 valence electrons. The maximum absolute atomic E-state index is 12.5. The maximum Gasteiger partial charge on any atom is 0.272 e. The van der Waals surface area contributed by atoms with Crippen LogP contribution >= 0.6 is 0 Å². The molecule has 0 aromatic carbocycles. The number of hydrogen-bond donors (Lipinski definition) is 2. The molecule has 1 aliphatic heterocycles. The van der Waals surface area contributed by atoms with E-state index in [1.165, 1.54) is 0 Å². The van der Waals surface area contributed by atoms with E-state index in [9.17, 15) is 4.79 Å². The second-order valence-electron chi connectivity index (χ2n) is 6.48. The number of carbonyl (C=O) groups excluding carboxylic acids is 1. The van der Waals surface area contributed by atoms with Gasteiger partial charge in [-0.1, -0.05) is 19.0 Å². The zero-order valence-electron chi connectivity index (χ0n) is 14.2. The average molecular weight is 333 g/mol. The molecule has 0 spiro atoms. The van der Waals surface area contributed by atoms with Crippen LogP contribution in [0.2, 0.25) is 0 Å². The summed E-state index contributed by atoms with van der Waals surface area (Å²) in [5.74, 6) is 1.21. The van der Waals surface area contributed by atoms with Crippen molar-refractivity contribution in [2.75, 3.05) is 13.2 Å². The number of aromatic nitrogens is 4. The molecular formula is C16H23N5O3. The quantitative estimate of drug-likeness (QED) is 0.868. The SMILES string of the molecule is Cc1cc(C(=O)N[C@@H](c2nc(C(C)C)no2)C2CCOCC2)n[nH]1. The van der Waals surface area contributed by atoms with Gasteiger partial charge in [0.05, 0.1) is 0 Å². The lowest BCUT2D eigenvalue weighted by atomic mass is 9.91. The van der Waals surface area contributed by atoms with Crippen molar-refractivity contribution >= 4 is 5.91 Å². The topological polar surface area (TPSA) is 106 Å². The van der Waals surface area contributed by atoms with Gasteiger partial charge in [-0.05, 0) is 31.7 Å². The molecule has 3 rings (SSSR count). The summed E-state index contributed by atoms with van der Waals surface area (Å²) in [5, 5.41) is 13.8. The molecule has 3 heterocycles. The van der Waals surface area contributed by atoms with Crippen LogP contribution in [0.1, 0.15) is 66.5 Å². The highest BCUT2D eigenvalue weighted by Gasteiger charge is 2.32. The van der Waals surface area contributed by atoms with E-state index in [0.29, 0.717) is 30.6 Å². The first-order valence-electron chi connectivity index (χ1n) is 8.28. The molecule has 8 heteroatoms. The number of hydrogen-bond acceptors (Lipinski definition) is 6. The summed E-state index contributed by atoms with van der Waals surface area (Å²) >= 11 is 0. The summed E-state index contributed by atoms with van der Waals surface area (Å²) in [6, 6.07) is 1.38. The second-order valence-corrected chi connectivity index (χ2v) is 6.48. The minimum Gasteiger partial charge on any atom is -0.381 e. The summed E-state index contributed by atoms with van der Waals surface area (Å²) < 4.78 is 10.9. The van der Waals surface area contributed by atoms with E-state index in [1.54, 1.807) is 6.07 Å². The minimum absolute atomic E-state index is 0.169. The largest absolute Gasteiger partial charge is 0.381 e. The Bertz CT molecular complexity index is 687. The predicted octanol–water partition coefficient (Wildman–Crippen LogP) is 2.12. The molecule has 0 saturated carbocycles. The summed E-state index contributed by atoms with van der Waals surface area (Å²) in [7, 11) is 0. The van der Waals surface area contributed by atoms with Gasteiger partial charge in [-0.15, -0.1) is 0 Å². The normalized spacial score (nSPS) is 17.2. The van der Waals surface area contributed by atoms with Crippen molar-refractivity contribution in [1.29, 1.82) is 0 Å². The minimum atomic E-state index is -0.335. The zero-order valence-corrected chi connectivity index (χ0v) is 14.2. The Hall–Kier alpha value is -2.22. The number of nitrogens with one attached hydrogen (secondary N) is 2. The molecule has 1 fully saturated rings. The Kier molecular flexibility index (Phi) is 4.94. The summed E-state index contributed by atoms with van der Waals surface area (Å²) in [4.78, 5) is 17.0. The van der Waals surface area contributed by atoms with Crippen molar-refractivity contribution in [3.05, 3.63) is 29.2 Å². The van der Waals surface area contributed by atoms with E-state index in [-0.39, 0.29) is 23.8 Å². The van der Waals surface area contributed by atoms with Crippen LogP contribution in [0.4, 0.5) is 0 Å². The van der Waals surface area contributed by atoms with Crippen LogP contribution in [0.25, 0.3) is 0 Å². The number of ether oxygens (including phenoxy) is 1. The monoisotopic (exact) mass is 333 g/mol. The van der Waals surface area contributed by atoms with Gasteiger partial charge in [0.15, 0.2) is 5.82 Å². The Morgan fingerprint density at radius 1 is 1.38 bits per heavy atom. The van der Waals surface area contributed by atoms with Crippen molar-refractivity contribution in [3.63, 3.8) is 0 Å². The van der Waals surface area contributed by atoms with Crippen molar-refractivity contribution < 1.29 is 14.1 Å². The van der Waals surface area contributed by atoms with Gasteiger partial charge in [0, 0.05) is 24.8 Å². The van der Waals surface area contributed by atoms with E-state index >= 15 is 0 Å². The number of aromatic amines is 1. The van der Waals surface area contributed by atoms with Gasteiger partial charge in [0.1, 0.15) is 11.7 Å². The number of carbonyl (C=O) groups is 1.